The molecular formula is C10H18N4O4. The number of hydrogen-bond acceptors (Lipinski definition) is 4. The van der Waals surface area contributed by atoms with E-state index in [4.69, 9.17) is 0 Å². The van der Waals surface area contributed by atoms with E-state index in [-0.39, 0.29) is 12.5 Å². The zero-order chi connectivity index (χ0) is 14.1. The van der Waals surface area contributed by atoms with Gasteiger partial charge in [-0.1, -0.05) is 6.92 Å². The van der Waals surface area contributed by atoms with Crippen molar-refractivity contribution in [2.45, 2.75) is 33.6 Å². The lowest BCUT2D eigenvalue weighted by Crippen LogP contribution is -2.56. The minimum atomic E-state index is -0.608. The highest BCUT2D eigenvalue weighted by molar-refractivity contribution is 5.87. The predicted octanol–water partition coefficient (Wildman–Crippen LogP) is -1.17. The third kappa shape index (κ3) is 7.20. The Morgan fingerprint density at radius 1 is 1.00 bits per heavy atom. The average molecular weight is 258 g/mol. The van der Waals surface area contributed by atoms with Crippen molar-refractivity contribution in [2.24, 2.45) is 0 Å². The summed E-state index contributed by atoms with van der Waals surface area (Å²) in [6.07, 6.45) is 1.01. The van der Waals surface area contributed by atoms with Crippen molar-refractivity contribution < 1.29 is 19.2 Å². The lowest BCUT2D eigenvalue weighted by molar-refractivity contribution is -0.148. The van der Waals surface area contributed by atoms with E-state index >= 15 is 0 Å². The van der Waals surface area contributed by atoms with Crippen LogP contribution < -0.4 is 16.2 Å². The van der Waals surface area contributed by atoms with E-state index in [1.807, 2.05) is 6.92 Å². The smallest absolute Gasteiger partial charge is 0.259 e. The Labute approximate surface area is 105 Å². The molecule has 0 radical (unpaired) electrons. The summed E-state index contributed by atoms with van der Waals surface area (Å²) in [7, 11) is 0. The van der Waals surface area contributed by atoms with Crippen molar-refractivity contribution in [3.05, 3.63) is 0 Å². The maximum Gasteiger partial charge on any atom is 0.259 e. The van der Waals surface area contributed by atoms with Gasteiger partial charge < -0.3 is 5.32 Å². The first-order valence-electron chi connectivity index (χ1n) is 5.51. The Morgan fingerprint density at radius 3 is 2.06 bits per heavy atom. The van der Waals surface area contributed by atoms with Gasteiger partial charge in [0.15, 0.2) is 0 Å². The summed E-state index contributed by atoms with van der Waals surface area (Å²) >= 11 is 0. The number of amides is 4. The third-order valence-electron chi connectivity index (χ3n) is 1.74. The van der Waals surface area contributed by atoms with Crippen molar-refractivity contribution in [2.75, 3.05) is 6.54 Å². The van der Waals surface area contributed by atoms with Gasteiger partial charge in [-0.2, -0.15) is 5.12 Å². The molecule has 0 spiro atoms. The molecule has 0 atom stereocenters. The Balaban J connectivity index is 4.14. The fourth-order valence-corrected chi connectivity index (χ4v) is 1.00. The summed E-state index contributed by atoms with van der Waals surface area (Å²) in [5, 5.41) is 3.04. The summed E-state index contributed by atoms with van der Waals surface area (Å²) < 4.78 is 0. The monoisotopic (exact) mass is 258 g/mol. The van der Waals surface area contributed by atoms with Crippen LogP contribution in [0.25, 0.3) is 0 Å². The Bertz CT molecular complexity index is 343. The molecule has 0 unspecified atom stereocenters. The molecule has 18 heavy (non-hydrogen) atoms. The first-order valence-corrected chi connectivity index (χ1v) is 5.51. The van der Waals surface area contributed by atoms with Gasteiger partial charge in [0.2, 0.25) is 11.8 Å². The maximum absolute atomic E-state index is 11.4. The van der Waals surface area contributed by atoms with Crippen LogP contribution in [0.3, 0.4) is 0 Å². The molecule has 0 bridgehead atoms. The quantitative estimate of drug-likeness (QED) is 0.552. The van der Waals surface area contributed by atoms with Crippen LogP contribution in [0.2, 0.25) is 0 Å². The van der Waals surface area contributed by atoms with E-state index in [0.717, 1.165) is 0 Å². The summed E-state index contributed by atoms with van der Waals surface area (Å²) in [5.41, 5.74) is 4.27. The fourth-order valence-electron chi connectivity index (χ4n) is 1.00. The zero-order valence-corrected chi connectivity index (χ0v) is 10.7. The second kappa shape index (κ2) is 8.04. The van der Waals surface area contributed by atoms with Gasteiger partial charge in [0.05, 0.1) is 6.54 Å². The first-order chi connectivity index (χ1) is 8.36. The number of carbonyl (C=O) groups is 4. The van der Waals surface area contributed by atoms with Gasteiger partial charge in [-0.05, 0) is 6.42 Å². The number of nitrogens with zero attached hydrogens (tertiary/aromatic N) is 1. The molecule has 3 N–H and O–H groups in total. The van der Waals surface area contributed by atoms with Crippen LogP contribution in [0.15, 0.2) is 0 Å². The molecule has 8 nitrogen and oxygen atoms in total. The molecule has 0 aromatic carbocycles. The van der Waals surface area contributed by atoms with Crippen molar-refractivity contribution in [3.8, 4) is 0 Å². The van der Waals surface area contributed by atoms with Crippen LogP contribution in [0, 0.1) is 0 Å². The topological polar surface area (TPSA) is 108 Å². The van der Waals surface area contributed by atoms with Crippen LogP contribution in [0.4, 0.5) is 0 Å². The molecule has 0 aliphatic rings. The highest BCUT2D eigenvalue weighted by atomic mass is 16.2. The van der Waals surface area contributed by atoms with E-state index in [1.165, 1.54) is 13.8 Å². The molecule has 4 amide bonds. The van der Waals surface area contributed by atoms with Gasteiger partial charge in [-0.15, -0.1) is 0 Å². The van der Waals surface area contributed by atoms with E-state index in [0.29, 0.717) is 18.0 Å². The molecule has 0 saturated carbocycles. The van der Waals surface area contributed by atoms with Crippen LogP contribution in [0.1, 0.15) is 33.6 Å². The Hall–Kier alpha value is -2.12. The first kappa shape index (κ1) is 15.9. The third-order valence-corrected chi connectivity index (χ3v) is 1.74. The number of hydrazine groups is 2. The lowest BCUT2D eigenvalue weighted by Gasteiger charge is -2.21. The van der Waals surface area contributed by atoms with Crippen LogP contribution in [-0.4, -0.2) is 35.3 Å². The van der Waals surface area contributed by atoms with E-state index in [1.54, 1.807) is 0 Å². The second-order valence-corrected chi connectivity index (χ2v) is 3.58. The Kier molecular flexibility index (Phi) is 7.10. The van der Waals surface area contributed by atoms with Crippen molar-refractivity contribution >= 4 is 23.6 Å². The van der Waals surface area contributed by atoms with Crippen molar-refractivity contribution in [1.82, 2.24) is 21.3 Å². The molecule has 0 aromatic rings. The van der Waals surface area contributed by atoms with Gasteiger partial charge in [-0.3, -0.25) is 19.2 Å². The number of hydrogen-bond donors (Lipinski definition) is 3. The summed E-state index contributed by atoms with van der Waals surface area (Å²) in [6.45, 7) is 3.95. The number of rotatable bonds is 4. The molecule has 0 aliphatic carbocycles. The molecule has 8 heteroatoms. The van der Waals surface area contributed by atoms with Crippen LogP contribution in [0.5, 0.6) is 0 Å². The van der Waals surface area contributed by atoms with Crippen molar-refractivity contribution in [1.29, 1.82) is 0 Å². The molecule has 0 rings (SSSR count). The number of nitrogens with one attached hydrogen (secondary N) is 3. The molecule has 0 saturated heterocycles. The lowest BCUT2D eigenvalue weighted by atomic mass is 10.3. The highest BCUT2D eigenvalue weighted by Crippen LogP contribution is 1.85. The summed E-state index contributed by atoms with van der Waals surface area (Å²) in [6, 6.07) is 0. The average Bonchev–Trinajstić information content (AvgIpc) is 2.25. The summed E-state index contributed by atoms with van der Waals surface area (Å²) in [5.74, 6) is -1.91. The van der Waals surface area contributed by atoms with Gasteiger partial charge in [0.1, 0.15) is 0 Å². The van der Waals surface area contributed by atoms with Gasteiger partial charge in [-0.25, -0.2) is 10.9 Å². The molecule has 0 aliphatic heterocycles. The van der Waals surface area contributed by atoms with E-state index in [2.05, 4.69) is 16.2 Å². The van der Waals surface area contributed by atoms with Gasteiger partial charge in [0, 0.05) is 20.3 Å². The minimum absolute atomic E-state index is 0.249. The highest BCUT2D eigenvalue weighted by Gasteiger charge is 2.13. The SMILES string of the molecule is CCCC(=O)NCC(=O)NN(NC(C)=O)C(C)=O. The number of carbonyl (C=O) groups excluding carboxylic acids is 4. The van der Waals surface area contributed by atoms with Crippen LogP contribution in [-0.2, 0) is 19.2 Å². The molecule has 0 heterocycles. The zero-order valence-electron chi connectivity index (χ0n) is 10.7. The molecule has 0 fully saturated rings. The standard InChI is InChI=1S/C10H18N4O4/c1-4-5-9(17)11-6-10(18)13-14(8(3)16)12-7(2)15/h4-6H2,1-3H3,(H,11,17)(H,12,15)(H,13,18). The van der Waals surface area contributed by atoms with E-state index < -0.39 is 17.7 Å². The summed E-state index contributed by atoms with van der Waals surface area (Å²) in [4.78, 5) is 44.3. The largest absolute Gasteiger partial charge is 0.347 e. The minimum Gasteiger partial charge on any atom is -0.347 e. The molecular weight excluding hydrogens is 240 g/mol. The second-order valence-electron chi connectivity index (χ2n) is 3.58. The fraction of sp³-hybridized carbons (Fsp3) is 0.600. The van der Waals surface area contributed by atoms with E-state index in [9.17, 15) is 19.2 Å². The maximum atomic E-state index is 11.4. The predicted molar refractivity (Wildman–Crippen MR) is 62.4 cm³/mol. The van der Waals surface area contributed by atoms with Gasteiger partial charge in [0.25, 0.3) is 11.8 Å². The normalized spacial score (nSPS) is 9.28. The molecule has 0 aromatic heterocycles. The van der Waals surface area contributed by atoms with Crippen molar-refractivity contribution in [3.63, 3.8) is 0 Å². The molecule has 102 valence electrons. The van der Waals surface area contributed by atoms with Crippen LogP contribution >= 0.6 is 0 Å². The van der Waals surface area contributed by atoms with Gasteiger partial charge >= 0.3 is 0 Å². The Morgan fingerprint density at radius 2 is 1.61 bits per heavy atom.